The minimum absolute atomic E-state index is 0.0802. The lowest BCUT2D eigenvalue weighted by Gasteiger charge is -2.38. The number of benzene rings is 2. The second kappa shape index (κ2) is 7.60. The summed E-state index contributed by atoms with van der Waals surface area (Å²) in [7, 11) is -4.33. The third-order valence-electron chi connectivity index (χ3n) is 4.26. The Kier molecular flexibility index (Phi) is 5.65. The quantitative estimate of drug-likeness (QED) is 0.734. The maximum atomic E-state index is 15.0. The normalized spacial score (nSPS) is 15.7. The number of amides is 1. The molecule has 0 saturated carbocycles. The Balaban J connectivity index is 1.95. The Bertz CT molecular complexity index is 1080. The van der Waals surface area contributed by atoms with Gasteiger partial charge in [0.25, 0.3) is 5.91 Å². The summed E-state index contributed by atoms with van der Waals surface area (Å²) in [6.07, 6.45) is 0. The molecule has 0 aromatic heterocycles. The molecule has 3 rings (SSSR count). The topological polar surface area (TPSA) is 84.5 Å². The van der Waals surface area contributed by atoms with Crippen LogP contribution in [0.4, 0.5) is 18.9 Å². The van der Waals surface area contributed by atoms with Gasteiger partial charge in [-0.15, -0.1) is 0 Å². The summed E-state index contributed by atoms with van der Waals surface area (Å²) < 4.78 is 74.3. The van der Waals surface area contributed by atoms with Crippen LogP contribution in [0.1, 0.15) is 22.8 Å². The number of anilines is 1. The van der Waals surface area contributed by atoms with Gasteiger partial charge in [-0.25, -0.2) is 26.3 Å². The van der Waals surface area contributed by atoms with Gasteiger partial charge in [-0.05, 0) is 37.6 Å². The van der Waals surface area contributed by atoms with Gasteiger partial charge in [0, 0.05) is 11.8 Å². The molecule has 29 heavy (non-hydrogen) atoms. The van der Waals surface area contributed by atoms with Crippen molar-refractivity contribution < 1.29 is 31.1 Å². The molecule has 0 atom stereocenters. The van der Waals surface area contributed by atoms with Crippen LogP contribution in [0.25, 0.3) is 0 Å². The Morgan fingerprint density at radius 1 is 1.17 bits per heavy atom. The fourth-order valence-corrected chi connectivity index (χ4v) is 4.48. The molecule has 1 heterocycles. The first-order valence-corrected chi connectivity index (χ1v) is 10.2. The zero-order valence-electron chi connectivity index (χ0n) is 15.3. The lowest BCUT2D eigenvalue weighted by atomic mass is 10.0. The van der Waals surface area contributed by atoms with Crippen molar-refractivity contribution in [2.24, 2.45) is 0 Å². The van der Waals surface area contributed by atoms with E-state index in [0.29, 0.717) is 6.07 Å². The van der Waals surface area contributed by atoms with Crippen LogP contribution in [0, 0.1) is 24.4 Å². The number of carbonyl (C=O) groups excluding carboxylic acids is 1. The molecule has 11 heteroatoms. The zero-order chi connectivity index (χ0) is 21.6. The Morgan fingerprint density at radius 2 is 1.83 bits per heavy atom. The lowest BCUT2D eigenvalue weighted by Crippen LogP contribution is -2.59. The van der Waals surface area contributed by atoms with Crippen LogP contribution in [0.15, 0.2) is 29.2 Å². The highest BCUT2D eigenvalue weighted by molar-refractivity contribution is 7.89. The molecule has 2 N–H and O–H groups in total. The van der Waals surface area contributed by atoms with Crippen molar-refractivity contribution in [3.8, 4) is 0 Å². The standard InChI is InChI=1S/C18H16ClF3N2O4S/c1-9-5-10(6-12(20)15(9)21)23-17(25)14-11(19)3-4-13(16(14)22)29(26,27)24-18(2)7-28-8-18/h3-6,24H,7-8H2,1-2H3,(H,23,25). The van der Waals surface area contributed by atoms with Crippen LogP contribution in [0.2, 0.25) is 5.02 Å². The first-order chi connectivity index (χ1) is 13.4. The van der Waals surface area contributed by atoms with Gasteiger partial charge in [0.15, 0.2) is 17.5 Å². The van der Waals surface area contributed by atoms with E-state index in [1.54, 1.807) is 6.92 Å². The number of nitrogens with one attached hydrogen (secondary N) is 2. The molecular weight excluding hydrogens is 433 g/mol. The van der Waals surface area contributed by atoms with Crippen molar-refractivity contribution in [1.29, 1.82) is 0 Å². The number of sulfonamides is 1. The second-order valence-electron chi connectivity index (χ2n) is 6.94. The molecule has 1 amide bonds. The minimum Gasteiger partial charge on any atom is -0.377 e. The van der Waals surface area contributed by atoms with E-state index in [4.69, 9.17) is 16.3 Å². The molecule has 156 valence electrons. The molecule has 0 bridgehead atoms. The van der Waals surface area contributed by atoms with E-state index >= 15 is 0 Å². The summed E-state index contributed by atoms with van der Waals surface area (Å²) in [5.74, 6) is -4.78. The van der Waals surface area contributed by atoms with E-state index < -0.39 is 49.4 Å². The molecule has 0 aliphatic carbocycles. The van der Waals surface area contributed by atoms with Gasteiger partial charge in [-0.3, -0.25) is 4.79 Å². The van der Waals surface area contributed by atoms with E-state index in [1.807, 2.05) is 0 Å². The first kappa shape index (κ1) is 21.6. The van der Waals surface area contributed by atoms with Gasteiger partial charge in [0.2, 0.25) is 10.0 Å². The smallest absolute Gasteiger partial charge is 0.260 e. The van der Waals surface area contributed by atoms with Gasteiger partial charge in [0.1, 0.15) is 4.90 Å². The Morgan fingerprint density at radius 3 is 2.38 bits per heavy atom. The summed E-state index contributed by atoms with van der Waals surface area (Å²) in [6, 6.07) is 3.85. The van der Waals surface area contributed by atoms with Gasteiger partial charge in [-0.1, -0.05) is 11.6 Å². The summed E-state index contributed by atoms with van der Waals surface area (Å²) in [6.45, 7) is 3.10. The second-order valence-corrected chi connectivity index (χ2v) is 8.99. The molecule has 1 fully saturated rings. The fraction of sp³-hybridized carbons (Fsp3) is 0.278. The van der Waals surface area contributed by atoms with Crippen LogP contribution in [-0.4, -0.2) is 33.1 Å². The molecule has 0 unspecified atom stereocenters. The molecule has 2 aromatic carbocycles. The number of halogens is 4. The largest absolute Gasteiger partial charge is 0.377 e. The van der Waals surface area contributed by atoms with Crippen LogP contribution < -0.4 is 10.0 Å². The molecule has 1 aliphatic heterocycles. The Labute approximate surface area is 170 Å². The molecule has 0 radical (unpaired) electrons. The van der Waals surface area contributed by atoms with Crippen molar-refractivity contribution in [3.63, 3.8) is 0 Å². The van der Waals surface area contributed by atoms with Crippen LogP contribution >= 0.6 is 11.6 Å². The highest BCUT2D eigenvalue weighted by Crippen LogP contribution is 2.28. The Hall–Kier alpha value is -2.14. The van der Waals surface area contributed by atoms with Crippen molar-refractivity contribution >= 4 is 33.2 Å². The lowest BCUT2D eigenvalue weighted by molar-refractivity contribution is -0.0523. The average Bonchev–Trinajstić information content (AvgIpc) is 2.57. The average molecular weight is 449 g/mol. The number of aryl methyl sites for hydroxylation is 1. The monoisotopic (exact) mass is 448 g/mol. The maximum Gasteiger partial charge on any atom is 0.260 e. The number of ether oxygens (including phenoxy) is 1. The number of rotatable bonds is 5. The summed E-state index contributed by atoms with van der Waals surface area (Å²) >= 11 is 5.90. The number of hydrogen-bond acceptors (Lipinski definition) is 4. The predicted octanol–water partition coefficient (Wildman–Crippen LogP) is 3.39. The third-order valence-corrected chi connectivity index (χ3v) is 6.23. The van der Waals surface area contributed by atoms with E-state index in [2.05, 4.69) is 10.0 Å². The predicted molar refractivity (Wildman–Crippen MR) is 100 cm³/mol. The van der Waals surface area contributed by atoms with Crippen LogP contribution in [0.5, 0.6) is 0 Å². The van der Waals surface area contributed by atoms with Crippen molar-refractivity contribution in [3.05, 3.63) is 57.9 Å². The van der Waals surface area contributed by atoms with Gasteiger partial charge < -0.3 is 10.1 Å². The highest BCUT2D eigenvalue weighted by atomic mass is 35.5. The fourth-order valence-electron chi connectivity index (χ4n) is 2.79. The van der Waals surface area contributed by atoms with E-state index in [0.717, 1.165) is 18.2 Å². The van der Waals surface area contributed by atoms with Gasteiger partial charge in [0.05, 0.1) is 29.3 Å². The van der Waals surface area contributed by atoms with Gasteiger partial charge in [-0.2, -0.15) is 0 Å². The molecule has 2 aromatic rings. The number of hydrogen-bond donors (Lipinski definition) is 2. The summed E-state index contributed by atoms with van der Waals surface area (Å²) in [4.78, 5) is 11.7. The first-order valence-electron chi connectivity index (χ1n) is 8.30. The van der Waals surface area contributed by atoms with E-state index in [1.165, 1.54) is 6.92 Å². The summed E-state index contributed by atoms with van der Waals surface area (Å²) in [5, 5.41) is 1.84. The zero-order valence-corrected chi connectivity index (χ0v) is 16.8. The molecule has 6 nitrogen and oxygen atoms in total. The van der Waals surface area contributed by atoms with Crippen LogP contribution in [-0.2, 0) is 14.8 Å². The summed E-state index contributed by atoms with van der Waals surface area (Å²) in [5.41, 5.74) is -1.86. The minimum atomic E-state index is -4.33. The molecule has 0 spiro atoms. The van der Waals surface area contributed by atoms with Gasteiger partial charge >= 0.3 is 0 Å². The number of carbonyl (C=O) groups is 1. The molecule has 1 saturated heterocycles. The maximum absolute atomic E-state index is 15.0. The van der Waals surface area contributed by atoms with Crippen molar-refractivity contribution in [1.82, 2.24) is 4.72 Å². The van der Waals surface area contributed by atoms with Crippen molar-refractivity contribution in [2.45, 2.75) is 24.3 Å². The van der Waals surface area contributed by atoms with Crippen LogP contribution in [0.3, 0.4) is 0 Å². The van der Waals surface area contributed by atoms with E-state index in [9.17, 15) is 26.4 Å². The molecular formula is C18H16ClF3N2O4S. The SMILES string of the molecule is Cc1cc(NC(=O)c2c(Cl)ccc(S(=O)(=O)NC3(C)COC3)c2F)cc(F)c1F. The van der Waals surface area contributed by atoms with Crippen molar-refractivity contribution in [2.75, 3.05) is 18.5 Å². The van der Waals surface area contributed by atoms with E-state index in [-0.39, 0.29) is 29.5 Å². The molecule has 1 aliphatic rings. The highest BCUT2D eigenvalue weighted by Gasteiger charge is 2.39. The third kappa shape index (κ3) is 4.25.